The highest BCUT2D eigenvalue weighted by molar-refractivity contribution is 7.92. The molecule has 1 unspecified atom stereocenters. The molecular formula is C8H13N3O4S2. The van der Waals surface area contributed by atoms with Crippen LogP contribution in [0.25, 0.3) is 0 Å². The van der Waals surface area contributed by atoms with Crippen LogP contribution in [0.4, 0.5) is 0 Å². The molecule has 1 aliphatic rings. The topological polar surface area (TPSA) is 110 Å². The average Bonchev–Trinajstić information content (AvgIpc) is 2.17. The van der Waals surface area contributed by atoms with Crippen LogP contribution in [-0.2, 0) is 19.6 Å². The van der Waals surface area contributed by atoms with E-state index in [2.05, 4.69) is 16.9 Å². The van der Waals surface area contributed by atoms with Crippen molar-refractivity contribution in [2.45, 2.75) is 18.9 Å². The molecule has 1 rings (SSSR count). The number of sulfonamides is 1. The summed E-state index contributed by atoms with van der Waals surface area (Å²) in [5.74, 6) is -1.39. The van der Waals surface area contributed by atoms with Crippen LogP contribution in [0, 0.1) is 0 Å². The van der Waals surface area contributed by atoms with Crippen LogP contribution in [0.1, 0.15) is 12.8 Å². The maximum atomic E-state index is 11.6. The number of carbonyl (C=O) groups is 2. The number of carbonyl (C=O) groups excluding carboxylic acids is 2. The molecule has 1 aliphatic heterocycles. The minimum Gasteiger partial charge on any atom is -0.392 e. The van der Waals surface area contributed by atoms with E-state index in [1.54, 1.807) is 0 Å². The maximum Gasteiger partial charge on any atom is 0.247 e. The number of likely N-dealkylation sites (tertiary alicyclic amines) is 1. The lowest BCUT2D eigenvalue weighted by molar-refractivity contribution is -0.147. The zero-order valence-electron chi connectivity index (χ0n) is 9.17. The highest BCUT2D eigenvalue weighted by Gasteiger charge is 2.34. The van der Waals surface area contributed by atoms with Gasteiger partial charge in [0.1, 0.15) is 11.8 Å². The van der Waals surface area contributed by atoms with Crippen LogP contribution >= 0.6 is 12.2 Å². The smallest absolute Gasteiger partial charge is 0.247 e. The number of piperidine rings is 1. The van der Waals surface area contributed by atoms with Crippen LogP contribution in [0.5, 0.6) is 0 Å². The number of nitrogens with one attached hydrogen (secondary N) is 1. The Morgan fingerprint density at radius 1 is 1.59 bits per heavy atom. The van der Waals surface area contributed by atoms with E-state index in [1.165, 1.54) is 7.05 Å². The molecule has 7 nitrogen and oxygen atoms in total. The van der Waals surface area contributed by atoms with Crippen molar-refractivity contribution >= 4 is 39.0 Å². The number of nitrogens with two attached hydrogens (primary N) is 1. The molecule has 17 heavy (non-hydrogen) atoms. The van der Waals surface area contributed by atoms with Crippen molar-refractivity contribution in [3.8, 4) is 0 Å². The average molecular weight is 279 g/mol. The SMILES string of the molecule is CN1C(=O)CCC(NS(=O)(=O)CC(N)=S)C1=O. The molecule has 1 heterocycles. The fraction of sp³-hybridized carbons (Fsp3) is 0.625. The van der Waals surface area contributed by atoms with Gasteiger partial charge in [-0.2, -0.15) is 0 Å². The van der Waals surface area contributed by atoms with Gasteiger partial charge in [0.2, 0.25) is 21.8 Å². The molecule has 1 fully saturated rings. The summed E-state index contributed by atoms with van der Waals surface area (Å²) in [6.07, 6.45) is 0.279. The second-order valence-electron chi connectivity index (χ2n) is 3.73. The van der Waals surface area contributed by atoms with E-state index in [1.807, 2.05) is 0 Å². The molecule has 96 valence electrons. The molecule has 0 spiro atoms. The highest BCUT2D eigenvalue weighted by Crippen LogP contribution is 2.12. The van der Waals surface area contributed by atoms with E-state index < -0.39 is 27.7 Å². The fourth-order valence-corrected chi connectivity index (χ4v) is 3.05. The normalized spacial score (nSPS) is 21.7. The molecule has 1 saturated heterocycles. The van der Waals surface area contributed by atoms with Gasteiger partial charge in [-0.15, -0.1) is 0 Å². The van der Waals surface area contributed by atoms with Gasteiger partial charge in [0, 0.05) is 13.5 Å². The van der Waals surface area contributed by atoms with Gasteiger partial charge in [0.05, 0.1) is 4.99 Å². The predicted molar refractivity (Wildman–Crippen MR) is 64.5 cm³/mol. The van der Waals surface area contributed by atoms with Crippen molar-refractivity contribution in [2.75, 3.05) is 12.8 Å². The Hall–Kier alpha value is -1.06. The first-order chi connectivity index (χ1) is 7.73. The summed E-state index contributed by atoms with van der Waals surface area (Å²) in [6, 6.07) is -0.919. The van der Waals surface area contributed by atoms with Crippen LogP contribution in [0.15, 0.2) is 0 Å². The van der Waals surface area contributed by atoms with E-state index >= 15 is 0 Å². The summed E-state index contributed by atoms with van der Waals surface area (Å²) in [7, 11) is -2.41. The van der Waals surface area contributed by atoms with Gasteiger partial charge < -0.3 is 5.73 Å². The summed E-state index contributed by atoms with van der Waals surface area (Å²) in [4.78, 5) is 23.5. The van der Waals surface area contributed by atoms with E-state index in [4.69, 9.17) is 5.73 Å². The summed E-state index contributed by atoms with van der Waals surface area (Å²) < 4.78 is 25.2. The lowest BCUT2D eigenvalue weighted by Gasteiger charge is -2.27. The molecule has 0 aliphatic carbocycles. The van der Waals surface area contributed by atoms with E-state index in [9.17, 15) is 18.0 Å². The number of rotatable bonds is 4. The maximum absolute atomic E-state index is 11.6. The first kappa shape index (κ1) is 14.0. The Balaban J connectivity index is 2.73. The van der Waals surface area contributed by atoms with Gasteiger partial charge in [0.15, 0.2) is 0 Å². The second kappa shape index (κ2) is 5.07. The van der Waals surface area contributed by atoms with Crippen molar-refractivity contribution in [3.63, 3.8) is 0 Å². The molecular weight excluding hydrogens is 266 g/mol. The molecule has 0 aromatic carbocycles. The number of amides is 2. The van der Waals surface area contributed by atoms with E-state index in [0.29, 0.717) is 0 Å². The Bertz CT molecular complexity index is 459. The fourth-order valence-electron chi connectivity index (χ4n) is 1.47. The van der Waals surface area contributed by atoms with Crippen LogP contribution < -0.4 is 10.5 Å². The van der Waals surface area contributed by atoms with Gasteiger partial charge in [-0.1, -0.05) is 12.2 Å². The predicted octanol–water partition coefficient (Wildman–Crippen LogP) is -1.66. The molecule has 3 N–H and O–H groups in total. The molecule has 9 heteroatoms. The number of imide groups is 1. The molecule has 0 aromatic rings. The number of hydrogen-bond acceptors (Lipinski definition) is 5. The van der Waals surface area contributed by atoms with Crippen molar-refractivity contribution in [3.05, 3.63) is 0 Å². The molecule has 2 amide bonds. The summed E-state index contributed by atoms with van der Waals surface area (Å²) >= 11 is 4.49. The van der Waals surface area contributed by atoms with E-state index in [0.717, 1.165) is 4.90 Å². The first-order valence-corrected chi connectivity index (χ1v) is 6.87. The second-order valence-corrected chi connectivity index (χ2v) is 6.00. The lowest BCUT2D eigenvalue weighted by atomic mass is 10.1. The zero-order chi connectivity index (χ0) is 13.2. The third-order valence-corrected chi connectivity index (χ3v) is 3.97. The van der Waals surface area contributed by atoms with Crippen molar-refractivity contribution < 1.29 is 18.0 Å². The highest BCUT2D eigenvalue weighted by atomic mass is 32.2. The number of likely N-dealkylation sites (N-methyl/N-ethyl adjacent to an activating group) is 1. The Morgan fingerprint density at radius 2 is 2.18 bits per heavy atom. The van der Waals surface area contributed by atoms with Gasteiger partial charge in [-0.05, 0) is 6.42 Å². The van der Waals surface area contributed by atoms with Gasteiger partial charge in [0.25, 0.3) is 0 Å². The van der Waals surface area contributed by atoms with E-state index in [-0.39, 0.29) is 23.7 Å². The summed E-state index contributed by atoms with van der Waals surface area (Å²) in [5, 5.41) is 0. The quantitative estimate of drug-likeness (QED) is 0.471. The monoisotopic (exact) mass is 279 g/mol. The Morgan fingerprint density at radius 3 is 2.71 bits per heavy atom. The largest absolute Gasteiger partial charge is 0.392 e. The number of thiocarbonyl (C=S) groups is 1. The number of hydrogen-bond donors (Lipinski definition) is 2. The third kappa shape index (κ3) is 3.72. The lowest BCUT2D eigenvalue weighted by Crippen LogP contribution is -2.53. The third-order valence-electron chi connectivity index (χ3n) is 2.30. The molecule has 1 atom stereocenters. The van der Waals surface area contributed by atoms with Gasteiger partial charge in [-0.25, -0.2) is 13.1 Å². The van der Waals surface area contributed by atoms with Gasteiger partial charge >= 0.3 is 0 Å². The Labute approximate surface area is 104 Å². The Kier molecular flexibility index (Phi) is 4.17. The molecule has 0 radical (unpaired) electrons. The van der Waals surface area contributed by atoms with Crippen molar-refractivity contribution in [1.29, 1.82) is 0 Å². The summed E-state index contributed by atoms with van der Waals surface area (Å²) in [5.41, 5.74) is 5.13. The minimum atomic E-state index is -3.73. The standard InChI is InChI=1S/C8H13N3O4S2/c1-11-7(12)3-2-5(8(11)13)10-17(14,15)4-6(9)16/h5,10H,2-4H2,1H3,(H2,9,16). The number of nitrogens with zero attached hydrogens (tertiary/aromatic N) is 1. The van der Waals surface area contributed by atoms with Crippen LogP contribution in [-0.4, -0.2) is 49.0 Å². The first-order valence-electron chi connectivity index (χ1n) is 4.81. The minimum absolute atomic E-state index is 0.127. The van der Waals surface area contributed by atoms with Crippen molar-refractivity contribution in [1.82, 2.24) is 9.62 Å². The van der Waals surface area contributed by atoms with Crippen LogP contribution in [0.3, 0.4) is 0 Å². The molecule has 0 saturated carbocycles. The molecule has 0 aromatic heterocycles. The van der Waals surface area contributed by atoms with Crippen molar-refractivity contribution in [2.24, 2.45) is 5.73 Å². The van der Waals surface area contributed by atoms with Crippen LogP contribution in [0.2, 0.25) is 0 Å². The van der Waals surface area contributed by atoms with Gasteiger partial charge in [-0.3, -0.25) is 14.5 Å². The summed E-state index contributed by atoms with van der Waals surface area (Å²) in [6.45, 7) is 0. The molecule has 0 bridgehead atoms. The zero-order valence-corrected chi connectivity index (χ0v) is 10.8.